The molecule has 0 aromatic heterocycles. The average molecular weight is 344 g/mol. The Balaban J connectivity index is 1.94. The molecule has 2 aliphatic rings. The fourth-order valence-corrected chi connectivity index (χ4v) is 5.10. The molecule has 0 aromatic carbocycles. The number of halogens is 2. The van der Waals surface area contributed by atoms with E-state index in [0.29, 0.717) is 5.25 Å². The highest BCUT2D eigenvalue weighted by Crippen LogP contribution is 2.42. The van der Waals surface area contributed by atoms with Crippen LogP contribution in [0.1, 0.15) is 19.3 Å². The van der Waals surface area contributed by atoms with Gasteiger partial charge in [0.25, 0.3) is 0 Å². The minimum absolute atomic E-state index is 0.0197. The van der Waals surface area contributed by atoms with Crippen molar-refractivity contribution in [2.45, 2.75) is 28.4 Å². The maximum absolute atomic E-state index is 3.85. The predicted octanol–water partition coefficient (Wildman–Crippen LogP) is 2.58. The van der Waals surface area contributed by atoms with Crippen LogP contribution in [-0.2, 0) is 0 Å². The Morgan fingerprint density at radius 1 is 1.36 bits per heavy atom. The zero-order chi connectivity index (χ0) is 10.0. The maximum Gasteiger partial charge on any atom is 0.177 e. The Labute approximate surface area is 107 Å². The normalized spacial score (nSPS) is 40.3. The maximum atomic E-state index is 3.85. The lowest BCUT2D eigenvalue weighted by Crippen LogP contribution is -2.50. The fraction of sp³-hybridized carbons (Fsp3) is 1.00. The standard InChI is InChI=1S/C9H16Br2N2S/c10-6-8-7-12-9(11,14-8)13-4-2-1-3-5-13/h8,12H,1-7H2/t8-,9-/m1/s1. The minimum Gasteiger partial charge on any atom is -0.280 e. The third kappa shape index (κ3) is 2.48. The van der Waals surface area contributed by atoms with Gasteiger partial charge in [-0.25, -0.2) is 0 Å². The summed E-state index contributed by atoms with van der Waals surface area (Å²) >= 11 is 9.40. The molecular formula is C9H16Br2N2S. The molecule has 0 unspecified atom stereocenters. The lowest BCUT2D eigenvalue weighted by molar-refractivity contribution is 0.182. The molecule has 2 nitrogen and oxygen atoms in total. The van der Waals surface area contributed by atoms with Gasteiger partial charge in [-0.05, 0) is 28.8 Å². The van der Waals surface area contributed by atoms with Crippen molar-refractivity contribution < 1.29 is 0 Å². The first-order chi connectivity index (χ1) is 6.74. The van der Waals surface area contributed by atoms with E-state index in [4.69, 9.17) is 0 Å². The summed E-state index contributed by atoms with van der Waals surface area (Å²) in [6, 6.07) is 0. The van der Waals surface area contributed by atoms with E-state index in [-0.39, 0.29) is 3.90 Å². The highest BCUT2D eigenvalue weighted by molar-refractivity contribution is 9.12. The molecule has 14 heavy (non-hydrogen) atoms. The van der Waals surface area contributed by atoms with Crippen molar-refractivity contribution >= 4 is 43.6 Å². The van der Waals surface area contributed by atoms with Crippen LogP contribution < -0.4 is 5.32 Å². The first-order valence-corrected chi connectivity index (χ1v) is 7.97. The monoisotopic (exact) mass is 342 g/mol. The number of nitrogens with one attached hydrogen (secondary N) is 1. The summed E-state index contributed by atoms with van der Waals surface area (Å²) in [4.78, 5) is 2.53. The van der Waals surface area contributed by atoms with E-state index in [1.54, 1.807) is 0 Å². The number of likely N-dealkylation sites (tertiary alicyclic amines) is 1. The lowest BCUT2D eigenvalue weighted by Gasteiger charge is -2.38. The Morgan fingerprint density at radius 2 is 2.07 bits per heavy atom. The molecule has 2 saturated heterocycles. The van der Waals surface area contributed by atoms with Crippen LogP contribution >= 0.6 is 43.6 Å². The number of hydrogen-bond donors (Lipinski definition) is 1. The molecule has 0 saturated carbocycles. The van der Waals surface area contributed by atoms with Crippen molar-refractivity contribution in [1.82, 2.24) is 10.2 Å². The molecule has 1 N–H and O–H groups in total. The summed E-state index contributed by atoms with van der Waals surface area (Å²) < 4.78 is 0.0197. The molecule has 2 heterocycles. The van der Waals surface area contributed by atoms with Gasteiger partial charge in [0.05, 0.1) is 0 Å². The third-order valence-electron chi connectivity index (χ3n) is 2.81. The fourth-order valence-electron chi connectivity index (χ4n) is 2.00. The Bertz CT molecular complexity index is 199. The van der Waals surface area contributed by atoms with Gasteiger partial charge >= 0.3 is 0 Å². The first-order valence-electron chi connectivity index (χ1n) is 5.17. The Hall–Kier alpha value is 1.23. The number of rotatable bonds is 2. The molecule has 82 valence electrons. The van der Waals surface area contributed by atoms with Crippen molar-refractivity contribution in [2.24, 2.45) is 0 Å². The second-order valence-corrected chi connectivity index (χ2v) is 7.70. The zero-order valence-corrected chi connectivity index (χ0v) is 12.1. The van der Waals surface area contributed by atoms with Crippen LogP contribution in [0.5, 0.6) is 0 Å². The zero-order valence-electron chi connectivity index (χ0n) is 8.14. The van der Waals surface area contributed by atoms with Crippen molar-refractivity contribution in [3.63, 3.8) is 0 Å². The minimum atomic E-state index is 0.0197. The number of hydrogen-bond acceptors (Lipinski definition) is 3. The topological polar surface area (TPSA) is 15.3 Å². The van der Waals surface area contributed by atoms with E-state index in [9.17, 15) is 0 Å². The van der Waals surface area contributed by atoms with Gasteiger partial charge in [-0.2, -0.15) is 0 Å². The van der Waals surface area contributed by atoms with Gasteiger partial charge in [0.15, 0.2) is 3.90 Å². The largest absolute Gasteiger partial charge is 0.280 e. The van der Waals surface area contributed by atoms with Crippen LogP contribution in [0.4, 0.5) is 0 Å². The van der Waals surface area contributed by atoms with Gasteiger partial charge in [0.1, 0.15) is 0 Å². The smallest absolute Gasteiger partial charge is 0.177 e. The van der Waals surface area contributed by atoms with Crippen LogP contribution in [0.3, 0.4) is 0 Å². The first kappa shape index (κ1) is 11.7. The molecular weight excluding hydrogens is 328 g/mol. The van der Waals surface area contributed by atoms with Gasteiger partial charge in [-0.3, -0.25) is 10.2 Å². The second-order valence-electron chi connectivity index (χ2n) is 3.88. The molecule has 5 heteroatoms. The molecule has 2 atom stereocenters. The molecule has 0 bridgehead atoms. The van der Waals surface area contributed by atoms with Gasteiger partial charge < -0.3 is 0 Å². The van der Waals surface area contributed by atoms with E-state index >= 15 is 0 Å². The summed E-state index contributed by atoms with van der Waals surface area (Å²) in [6.07, 6.45) is 4.08. The molecule has 0 aliphatic carbocycles. The van der Waals surface area contributed by atoms with Crippen molar-refractivity contribution in [3.05, 3.63) is 0 Å². The second kappa shape index (κ2) is 5.04. The Morgan fingerprint density at radius 3 is 2.64 bits per heavy atom. The summed E-state index contributed by atoms with van der Waals surface area (Å²) in [6.45, 7) is 3.54. The SMILES string of the molecule is BrC[C@@H]1CN[C@](Br)(N2CCCCC2)S1. The number of thioether (sulfide) groups is 1. The molecule has 2 fully saturated rings. The van der Waals surface area contributed by atoms with Crippen molar-refractivity contribution in [3.8, 4) is 0 Å². The number of alkyl halides is 2. The van der Waals surface area contributed by atoms with E-state index in [2.05, 4.69) is 42.1 Å². The van der Waals surface area contributed by atoms with E-state index < -0.39 is 0 Å². The molecule has 2 aliphatic heterocycles. The van der Waals surface area contributed by atoms with E-state index in [1.807, 2.05) is 11.8 Å². The molecule has 2 rings (SSSR count). The molecule has 0 aromatic rings. The molecule has 0 amide bonds. The third-order valence-corrected chi connectivity index (χ3v) is 6.74. The summed E-state index contributed by atoms with van der Waals surface area (Å²) in [7, 11) is 0. The van der Waals surface area contributed by atoms with Gasteiger partial charge in [0.2, 0.25) is 0 Å². The molecule has 0 spiro atoms. The average Bonchev–Trinajstić information content (AvgIpc) is 2.63. The van der Waals surface area contributed by atoms with Gasteiger partial charge in [0, 0.05) is 30.2 Å². The van der Waals surface area contributed by atoms with Crippen molar-refractivity contribution in [2.75, 3.05) is 25.0 Å². The van der Waals surface area contributed by atoms with Crippen LogP contribution in [-0.4, -0.2) is 39.0 Å². The quantitative estimate of drug-likeness (QED) is 0.612. The highest BCUT2D eigenvalue weighted by atomic mass is 79.9. The van der Waals surface area contributed by atoms with E-state index in [0.717, 1.165) is 11.9 Å². The summed E-state index contributed by atoms with van der Waals surface area (Å²) in [5, 5.41) is 5.35. The predicted molar refractivity (Wildman–Crippen MR) is 70.3 cm³/mol. The van der Waals surface area contributed by atoms with Gasteiger partial charge in [-0.1, -0.05) is 22.4 Å². The number of piperidine rings is 1. The summed E-state index contributed by atoms with van der Waals surface area (Å²) in [5.74, 6) is 0. The van der Waals surface area contributed by atoms with Crippen LogP contribution in [0.15, 0.2) is 0 Å². The van der Waals surface area contributed by atoms with Crippen LogP contribution in [0, 0.1) is 0 Å². The number of nitrogens with zero attached hydrogens (tertiary/aromatic N) is 1. The van der Waals surface area contributed by atoms with Crippen LogP contribution in [0.25, 0.3) is 0 Å². The lowest BCUT2D eigenvalue weighted by atomic mass is 10.1. The highest BCUT2D eigenvalue weighted by Gasteiger charge is 2.42. The summed E-state index contributed by atoms with van der Waals surface area (Å²) in [5.41, 5.74) is 0. The molecule has 0 radical (unpaired) electrons. The van der Waals surface area contributed by atoms with Gasteiger partial charge in [-0.15, -0.1) is 11.8 Å². The van der Waals surface area contributed by atoms with Crippen LogP contribution in [0.2, 0.25) is 0 Å². The van der Waals surface area contributed by atoms with E-state index in [1.165, 1.54) is 32.4 Å². The van der Waals surface area contributed by atoms with Crippen molar-refractivity contribution in [1.29, 1.82) is 0 Å². The Kier molecular flexibility index (Phi) is 4.21.